The van der Waals surface area contributed by atoms with E-state index in [2.05, 4.69) is 5.32 Å². The third-order valence-corrected chi connectivity index (χ3v) is 3.49. The van der Waals surface area contributed by atoms with Crippen molar-refractivity contribution in [3.8, 4) is 0 Å². The summed E-state index contributed by atoms with van der Waals surface area (Å²) < 4.78 is 4.87. The number of carbonyl (C=O) groups excluding carboxylic acids is 2. The summed E-state index contributed by atoms with van der Waals surface area (Å²) in [6.45, 7) is 1.33. The monoisotopic (exact) mass is 296 g/mol. The van der Waals surface area contributed by atoms with E-state index in [1.165, 1.54) is 0 Å². The van der Waals surface area contributed by atoms with Gasteiger partial charge >= 0.3 is 0 Å². The van der Waals surface area contributed by atoms with Crippen molar-refractivity contribution in [3.05, 3.63) is 29.3 Å². The van der Waals surface area contributed by atoms with E-state index in [-0.39, 0.29) is 24.2 Å². The molecule has 1 aromatic carbocycles. The molecule has 0 aromatic heterocycles. The van der Waals surface area contributed by atoms with Gasteiger partial charge in [0.2, 0.25) is 11.8 Å². The molecule has 1 N–H and O–H groups in total. The summed E-state index contributed by atoms with van der Waals surface area (Å²) in [5.41, 5.74) is 0.770. The zero-order chi connectivity index (χ0) is 14.5. The second kappa shape index (κ2) is 6.72. The van der Waals surface area contributed by atoms with Crippen molar-refractivity contribution in [2.75, 3.05) is 31.7 Å². The Hall–Kier alpha value is -1.59. The predicted octanol–water partition coefficient (Wildman–Crippen LogP) is 1.46. The Labute approximate surface area is 122 Å². The number of rotatable bonds is 5. The second-order valence-electron chi connectivity index (χ2n) is 4.67. The van der Waals surface area contributed by atoms with E-state index in [0.717, 1.165) is 5.69 Å². The van der Waals surface area contributed by atoms with Crippen molar-refractivity contribution < 1.29 is 14.3 Å². The molecule has 1 fully saturated rings. The average molecular weight is 297 g/mol. The van der Waals surface area contributed by atoms with E-state index >= 15 is 0 Å². The number of nitrogens with zero attached hydrogens (tertiary/aromatic N) is 1. The van der Waals surface area contributed by atoms with Crippen LogP contribution < -0.4 is 10.2 Å². The van der Waals surface area contributed by atoms with Gasteiger partial charge in [0, 0.05) is 37.3 Å². The Balaban J connectivity index is 1.96. The largest absolute Gasteiger partial charge is 0.383 e. The van der Waals surface area contributed by atoms with Gasteiger partial charge in [0.15, 0.2) is 0 Å². The summed E-state index contributed by atoms with van der Waals surface area (Å²) in [7, 11) is 1.58. The molecule has 0 bridgehead atoms. The number of benzene rings is 1. The Bertz CT molecular complexity index is 490. The van der Waals surface area contributed by atoms with Gasteiger partial charge in [0.1, 0.15) is 0 Å². The smallest absolute Gasteiger partial charge is 0.227 e. The van der Waals surface area contributed by atoms with Crippen molar-refractivity contribution in [3.63, 3.8) is 0 Å². The molecule has 1 atom stereocenters. The van der Waals surface area contributed by atoms with Crippen LogP contribution in [0.15, 0.2) is 24.3 Å². The molecule has 2 amide bonds. The molecule has 0 radical (unpaired) electrons. The number of hydrogen-bond acceptors (Lipinski definition) is 3. The molecular formula is C14H17ClN2O3. The first-order valence-electron chi connectivity index (χ1n) is 6.44. The summed E-state index contributed by atoms with van der Waals surface area (Å²) in [5.74, 6) is -0.457. The molecule has 20 heavy (non-hydrogen) atoms. The zero-order valence-corrected chi connectivity index (χ0v) is 12.0. The van der Waals surface area contributed by atoms with Gasteiger partial charge in [-0.15, -0.1) is 0 Å². The number of methoxy groups -OCH3 is 1. The topological polar surface area (TPSA) is 58.6 Å². The van der Waals surface area contributed by atoms with E-state index in [1.54, 1.807) is 36.3 Å². The molecule has 1 aromatic rings. The molecule has 0 spiro atoms. The van der Waals surface area contributed by atoms with Crippen LogP contribution in [0, 0.1) is 5.92 Å². The number of amides is 2. The van der Waals surface area contributed by atoms with Gasteiger partial charge in [-0.3, -0.25) is 9.59 Å². The summed E-state index contributed by atoms with van der Waals surface area (Å²) in [6, 6.07) is 7.03. The minimum absolute atomic E-state index is 0.0424. The number of halogens is 1. The molecule has 1 saturated heterocycles. The van der Waals surface area contributed by atoms with E-state index in [4.69, 9.17) is 16.3 Å². The Morgan fingerprint density at radius 3 is 2.80 bits per heavy atom. The molecule has 108 valence electrons. The maximum absolute atomic E-state index is 12.0. The SMILES string of the molecule is COCCNC(=O)C1CC(=O)N(c2ccc(Cl)cc2)C1. The van der Waals surface area contributed by atoms with Gasteiger partial charge in [0.05, 0.1) is 12.5 Å². The fraction of sp³-hybridized carbons (Fsp3) is 0.429. The fourth-order valence-electron chi connectivity index (χ4n) is 2.17. The van der Waals surface area contributed by atoms with Crippen LogP contribution in [0.4, 0.5) is 5.69 Å². The van der Waals surface area contributed by atoms with Crippen LogP contribution in [-0.4, -0.2) is 38.6 Å². The van der Waals surface area contributed by atoms with Crippen LogP contribution in [0.1, 0.15) is 6.42 Å². The number of carbonyl (C=O) groups is 2. The minimum Gasteiger partial charge on any atom is -0.383 e. The molecule has 1 aliphatic heterocycles. The molecular weight excluding hydrogens is 280 g/mol. The molecule has 5 nitrogen and oxygen atoms in total. The first-order chi connectivity index (χ1) is 9.61. The van der Waals surface area contributed by atoms with Gasteiger partial charge in [-0.2, -0.15) is 0 Å². The van der Waals surface area contributed by atoms with E-state index in [0.29, 0.717) is 24.7 Å². The molecule has 1 unspecified atom stereocenters. The molecule has 1 aliphatic rings. The maximum atomic E-state index is 12.0. The van der Waals surface area contributed by atoms with Gasteiger partial charge in [-0.25, -0.2) is 0 Å². The lowest BCUT2D eigenvalue weighted by Crippen LogP contribution is -2.34. The minimum atomic E-state index is -0.310. The van der Waals surface area contributed by atoms with Gasteiger partial charge in [0.25, 0.3) is 0 Å². The van der Waals surface area contributed by atoms with Crippen molar-refractivity contribution in [2.24, 2.45) is 5.92 Å². The predicted molar refractivity (Wildman–Crippen MR) is 76.8 cm³/mol. The lowest BCUT2D eigenvalue weighted by atomic mass is 10.1. The molecule has 0 aliphatic carbocycles. The van der Waals surface area contributed by atoms with Crippen LogP contribution in [0.2, 0.25) is 5.02 Å². The highest BCUT2D eigenvalue weighted by Gasteiger charge is 2.34. The summed E-state index contributed by atoms with van der Waals surface area (Å²) in [4.78, 5) is 25.5. The van der Waals surface area contributed by atoms with E-state index in [9.17, 15) is 9.59 Å². The second-order valence-corrected chi connectivity index (χ2v) is 5.10. The summed E-state index contributed by atoms with van der Waals surface area (Å²) >= 11 is 5.83. The lowest BCUT2D eigenvalue weighted by molar-refractivity contribution is -0.126. The van der Waals surface area contributed by atoms with Crippen molar-refractivity contribution in [2.45, 2.75) is 6.42 Å². The van der Waals surface area contributed by atoms with Gasteiger partial charge < -0.3 is 15.0 Å². The number of nitrogens with one attached hydrogen (secondary N) is 1. The van der Waals surface area contributed by atoms with Crippen molar-refractivity contribution in [1.29, 1.82) is 0 Å². The van der Waals surface area contributed by atoms with Gasteiger partial charge in [-0.05, 0) is 24.3 Å². The number of ether oxygens (including phenoxy) is 1. The van der Waals surface area contributed by atoms with E-state index in [1.807, 2.05) is 0 Å². The van der Waals surface area contributed by atoms with Gasteiger partial charge in [-0.1, -0.05) is 11.6 Å². The van der Waals surface area contributed by atoms with Crippen LogP contribution in [0.3, 0.4) is 0 Å². The lowest BCUT2D eigenvalue weighted by Gasteiger charge is -2.16. The van der Waals surface area contributed by atoms with Crippen LogP contribution in [-0.2, 0) is 14.3 Å². The first-order valence-corrected chi connectivity index (χ1v) is 6.82. The standard InChI is InChI=1S/C14H17ClN2O3/c1-20-7-6-16-14(19)10-8-13(18)17(9-10)12-4-2-11(15)3-5-12/h2-5,10H,6-9H2,1H3,(H,16,19). The highest BCUT2D eigenvalue weighted by atomic mass is 35.5. The molecule has 1 heterocycles. The maximum Gasteiger partial charge on any atom is 0.227 e. The number of hydrogen-bond donors (Lipinski definition) is 1. The summed E-state index contributed by atoms with van der Waals surface area (Å²) in [5, 5.41) is 3.38. The third kappa shape index (κ3) is 3.49. The zero-order valence-electron chi connectivity index (χ0n) is 11.3. The Morgan fingerprint density at radius 1 is 1.45 bits per heavy atom. The summed E-state index contributed by atoms with van der Waals surface area (Å²) in [6.07, 6.45) is 0.238. The van der Waals surface area contributed by atoms with Crippen LogP contribution >= 0.6 is 11.6 Å². The third-order valence-electron chi connectivity index (χ3n) is 3.24. The fourth-order valence-corrected chi connectivity index (χ4v) is 2.30. The highest BCUT2D eigenvalue weighted by Crippen LogP contribution is 2.26. The number of anilines is 1. The highest BCUT2D eigenvalue weighted by molar-refractivity contribution is 6.30. The molecule has 0 saturated carbocycles. The average Bonchev–Trinajstić information content (AvgIpc) is 2.82. The van der Waals surface area contributed by atoms with Crippen molar-refractivity contribution in [1.82, 2.24) is 5.32 Å². The quantitative estimate of drug-likeness (QED) is 0.837. The van der Waals surface area contributed by atoms with Crippen LogP contribution in [0.5, 0.6) is 0 Å². The van der Waals surface area contributed by atoms with Crippen LogP contribution in [0.25, 0.3) is 0 Å². The normalized spacial score (nSPS) is 18.4. The molecule has 2 rings (SSSR count). The van der Waals surface area contributed by atoms with E-state index < -0.39 is 0 Å². The first kappa shape index (κ1) is 14.8. The van der Waals surface area contributed by atoms with Crippen molar-refractivity contribution >= 4 is 29.1 Å². The molecule has 6 heteroatoms. The Morgan fingerprint density at radius 2 is 2.15 bits per heavy atom. The Kier molecular flexibility index (Phi) is 4.98.